The number of halogens is 2. The molecule has 8 nitrogen and oxygen atoms in total. The molecule has 0 bridgehead atoms. The van der Waals surface area contributed by atoms with Gasteiger partial charge in [0.25, 0.3) is 11.5 Å². The molecule has 0 saturated carbocycles. The Kier molecular flexibility index (Phi) is 6.38. The van der Waals surface area contributed by atoms with Crippen molar-refractivity contribution in [2.24, 2.45) is 0 Å². The molecule has 0 aliphatic heterocycles. The molecule has 3 aromatic rings. The lowest BCUT2D eigenvalue weighted by Crippen LogP contribution is -2.29. The lowest BCUT2D eigenvalue weighted by atomic mass is 10.1. The minimum atomic E-state index is -0.831. The number of pyridine rings is 1. The Balaban J connectivity index is 1.81. The molecule has 30 heavy (non-hydrogen) atoms. The number of carbonyl (C=O) groups excluding carboxylic acids is 2. The van der Waals surface area contributed by atoms with Crippen molar-refractivity contribution in [1.82, 2.24) is 14.8 Å². The van der Waals surface area contributed by atoms with E-state index < -0.39 is 18.5 Å². The van der Waals surface area contributed by atoms with Crippen LogP contribution in [0.1, 0.15) is 36.1 Å². The van der Waals surface area contributed by atoms with Crippen molar-refractivity contribution < 1.29 is 14.3 Å². The Labute approximate surface area is 181 Å². The fourth-order valence-corrected chi connectivity index (χ4v) is 3.13. The molecule has 2 aromatic heterocycles. The van der Waals surface area contributed by atoms with E-state index in [-0.39, 0.29) is 28.1 Å². The molecule has 1 N–H and O–H groups in total. The zero-order valence-electron chi connectivity index (χ0n) is 16.4. The number of fused-ring (bicyclic) bond motifs is 1. The van der Waals surface area contributed by atoms with Crippen LogP contribution in [0.4, 0.5) is 5.82 Å². The number of ether oxygens (including phenoxy) is 1. The van der Waals surface area contributed by atoms with Gasteiger partial charge in [0.1, 0.15) is 0 Å². The Hall–Kier alpha value is -2.97. The quantitative estimate of drug-likeness (QED) is 0.595. The van der Waals surface area contributed by atoms with Crippen LogP contribution in [0.25, 0.3) is 10.8 Å². The molecular formula is C20H18Cl2N4O4. The average Bonchev–Trinajstić information content (AvgIpc) is 2.70. The summed E-state index contributed by atoms with van der Waals surface area (Å²) in [4.78, 5) is 41.5. The van der Waals surface area contributed by atoms with Crippen LogP contribution in [0, 0.1) is 6.92 Å². The molecular weight excluding hydrogens is 431 g/mol. The number of rotatable bonds is 5. The fraction of sp³-hybridized carbons (Fsp3) is 0.250. The highest BCUT2D eigenvalue weighted by Crippen LogP contribution is 2.25. The highest BCUT2D eigenvalue weighted by molar-refractivity contribution is 6.36. The number of amides is 1. The standard InChI is InChI=1S/C20H18Cl2N4O4/c1-10(2)26-19(28)13-7-5-4-6-12(13)17(25-26)20(29)30-9-16(27)24-18-15(22)8-14(21)11(3)23-18/h4-8,10H,9H2,1-3H3,(H,23,24,27). The molecule has 0 saturated heterocycles. The summed E-state index contributed by atoms with van der Waals surface area (Å²) in [6.45, 7) is 4.62. The number of anilines is 1. The second-order valence-corrected chi connectivity index (χ2v) is 7.56. The van der Waals surface area contributed by atoms with Crippen LogP contribution in [-0.4, -0.2) is 33.2 Å². The Morgan fingerprint density at radius 2 is 1.83 bits per heavy atom. The molecule has 0 radical (unpaired) electrons. The topological polar surface area (TPSA) is 103 Å². The number of carbonyl (C=O) groups is 2. The van der Waals surface area contributed by atoms with E-state index in [2.05, 4.69) is 15.4 Å². The third-order valence-electron chi connectivity index (χ3n) is 4.21. The first-order valence-electron chi connectivity index (χ1n) is 9.00. The zero-order valence-corrected chi connectivity index (χ0v) is 17.9. The van der Waals surface area contributed by atoms with Crippen LogP contribution in [-0.2, 0) is 9.53 Å². The van der Waals surface area contributed by atoms with E-state index in [1.165, 1.54) is 10.7 Å². The third kappa shape index (κ3) is 4.44. The Morgan fingerprint density at radius 3 is 2.50 bits per heavy atom. The van der Waals surface area contributed by atoms with Gasteiger partial charge in [0.05, 0.1) is 27.2 Å². The number of hydrogen-bond donors (Lipinski definition) is 1. The second kappa shape index (κ2) is 8.81. The van der Waals surface area contributed by atoms with Crippen LogP contribution < -0.4 is 10.9 Å². The van der Waals surface area contributed by atoms with Crippen molar-refractivity contribution in [3.05, 3.63) is 62.1 Å². The van der Waals surface area contributed by atoms with E-state index in [1.807, 2.05) is 0 Å². The largest absolute Gasteiger partial charge is 0.451 e. The molecule has 0 aliphatic rings. The molecule has 3 rings (SSSR count). The maximum absolute atomic E-state index is 12.6. The summed E-state index contributed by atoms with van der Waals surface area (Å²) in [5.41, 5.74) is 0.124. The van der Waals surface area contributed by atoms with Gasteiger partial charge in [0.15, 0.2) is 18.1 Å². The van der Waals surface area contributed by atoms with E-state index in [0.29, 0.717) is 21.5 Å². The van der Waals surface area contributed by atoms with Gasteiger partial charge in [-0.25, -0.2) is 14.5 Å². The molecule has 10 heteroatoms. The van der Waals surface area contributed by atoms with E-state index in [4.69, 9.17) is 27.9 Å². The number of nitrogens with one attached hydrogen (secondary N) is 1. The number of benzene rings is 1. The van der Waals surface area contributed by atoms with Crippen molar-refractivity contribution in [3.8, 4) is 0 Å². The average molecular weight is 449 g/mol. The summed E-state index contributed by atoms with van der Waals surface area (Å²) in [6.07, 6.45) is 0. The van der Waals surface area contributed by atoms with Gasteiger partial charge >= 0.3 is 5.97 Å². The van der Waals surface area contributed by atoms with Crippen LogP contribution in [0.5, 0.6) is 0 Å². The maximum Gasteiger partial charge on any atom is 0.359 e. The van der Waals surface area contributed by atoms with Gasteiger partial charge in [-0.3, -0.25) is 9.59 Å². The SMILES string of the molecule is Cc1nc(NC(=O)COC(=O)c2nn(C(C)C)c(=O)c3ccccc23)c(Cl)cc1Cl. The lowest BCUT2D eigenvalue weighted by Gasteiger charge is -2.13. The summed E-state index contributed by atoms with van der Waals surface area (Å²) >= 11 is 11.9. The molecule has 2 heterocycles. The van der Waals surface area contributed by atoms with Crippen LogP contribution >= 0.6 is 23.2 Å². The third-order valence-corrected chi connectivity index (χ3v) is 4.88. The second-order valence-electron chi connectivity index (χ2n) is 6.75. The lowest BCUT2D eigenvalue weighted by molar-refractivity contribution is -0.119. The highest BCUT2D eigenvalue weighted by Gasteiger charge is 2.20. The monoisotopic (exact) mass is 448 g/mol. The van der Waals surface area contributed by atoms with Gasteiger partial charge in [-0.1, -0.05) is 41.4 Å². The molecule has 1 amide bonds. The normalized spacial score (nSPS) is 11.0. The van der Waals surface area contributed by atoms with E-state index in [1.54, 1.807) is 45.0 Å². The predicted octanol–water partition coefficient (Wildman–Crippen LogP) is 3.78. The Morgan fingerprint density at radius 1 is 1.17 bits per heavy atom. The first kappa shape index (κ1) is 21.7. The molecule has 0 fully saturated rings. The van der Waals surface area contributed by atoms with E-state index in [0.717, 1.165) is 0 Å². The maximum atomic E-state index is 12.6. The summed E-state index contributed by atoms with van der Waals surface area (Å²) in [7, 11) is 0. The molecule has 0 atom stereocenters. The summed E-state index contributed by atoms with van der Waals surface area (Å²) in [5, 5.41) is 7.82. The van der Waals surface area contributed by atoms with Gasteiger partial charge in [-0.05, 0) is 32.9 Å². The Bertz CT molecular complexity index is 1210. The summed E-state index contributed by atoms with van der Waals surface area (Å²) < 4.78 is 6.32. The molecule has 1 aromatic carbocycles. The number of hydrogen-bond acceptors (Lipinski definition) is 6. The van der Waals surface area contributed by atoms with Crippen molar-refractivity contribution in [3.63, 3.8) is 0 Å². The number of nitrogens with zero attached hydrogens (tertiary/aromatic N) is 3. The smallest absolute Gasteiger partial charge is 0.359 e. The van der Waals surface area contributed by atoms with Crippen LogP contribution in [0.2, 0.25) is 10.0 Å². The highest BCUT2D eigenvalue weighted by atomic mass is 35.5. The zero-order chi connectivity index (χ0) is 22.0. The molecule has 0 aliphatic carbocycles. The first-order valence-corrected chi connectivity index (χ1v) is 9.75. The minimum absolute atomic E-state index is 0.0507. The number of aryl methyl sites for hydroxylation is 1. The van der Waals surface area contributed by atoms with Crippen molar-refractivity contribution >= 4 is 51.7 Å². The van der Waals surface area contributed by atoms with Gasteiger partial charge in [-0.2, -0.15) is 5.10 Å². The van der Waals surface area contributed by atoms with Gasteiger partial charge in [0.2, 0.25) is 0 Å². The van der Waals surface area contributed by atoms with Crippen LogP contribution in [0.3, 0.4) is 0 Å². The summed E-state index contributed by atoms with van der Waals surface area (Å²) in [6, 6.07) is 7.78. The fourth-order valence-electron chi connectivity index (χ4n) is 2.72. The molecule has 156 valence electrons. The van der Waals surface area contributed by atoms with Crippen molar-refractivity contribution in [2.45, 2.75) is 26.8 Å². The first-order chi connectivity index (χ1) is 14.2. The van der Waals surface area contributed by atoms with E-state index in [9.17, 15) is 14.4 Å². The molecule has 0 unspecified atom stereocenters. The summed E-state index contributed by atoms with van der Waals surface area (Å²) in [5.74, 6) is -1.36. The predicted molar refractivity (Wildman–Crippen MR) is 114 cm³/mol. The molecule has 0 spiro atoms. The van der Waals surface area contributed by atoms with Gasteiger partial charge in [0, 0.05) is 5.39 Å². The van der Waals surface area contributed by atoms with E-state index >= 15 is 0 Å². The van der Waals surface area contributed by atoms with Gasteiger partial charge < -0.3 is 10.1 Å². The van der Waals surface area contributed by atoms with Crippen molar-refractivity contribution in [2.75, 3.05) is 11.9 Å². The number of aromatic nitrogens is 3. The minimum Gasteiger partial charge on any atom is -0.451 e. The van der Waals surface area contributed by atoms with Gasteiger partial charge in [-0.15, -0.1) is 0 Å². The van der Waals surface area contributed by atoms with Crippen LogP contribution in [0.15, 0.2) is 35.1 Å². The number of esters is 1. The van der Waals surface area contributed by atoms with Crippen molar-refractivity contribution in [1.29, 1.82) is 0 Å².